The Morgan fingerprint density at radius 2 is 1.78 bits per heavy atom. The summed E-state index contributed by atoms with van der Waals surface area (Å²) >= 11 is 5.61. The molecule has 3 fully saturated rings. The molecule has 5 rings (SSSR count). The molecular formula is C22H18ClF4NO4. The van der Waals surface area contributed by atoms with Gasteiger partial charge in [0.05, 0.1) is 11.2 Å². The van der Waals surface area contributed by atoms with Crippen LogP contribution in [0.2, 0.25) is 5.02 Å². The monoisotopic (exact) mass is 471 g/mol. The summed E-state index contributed by atoms with van der Waals surface area (Å²) in [5, 5.41) is -0.0340. The molecule has 0 amide bonds. The van der Waals surface area contributed by atoms with Crippen molar-refractivity contribution in [3.8, 4) is 11.5 Å². The number of hydrogen-bond acceptors (Lipinski definition) is 5. The van der Waals surface area contributed by atoms with Crippen LogP contribution < -0.4 is 9.47 Å². The van der Waals surface area contributed by atoms with Crippen LogP contribution in [0.1, 0.15) is 31.4 Å². The number of ketones is 2. The fraction of sp³-hybridized carbons (Fsp3) is 0.409. The van der Waals surface area contributed by atoms with Gasteiger partial charge in [-0.1, -0.05) is 11.6 Å². The number of Topliss-reactive ketones (excluding diaryl/α,β-unsaturated/α-hetero) is 2. The van der Waals surface area contributed by atoms with E-state index in [4.69, 9.17) is 16.3 Å². The average molecular weight is 472 g/mol. The topological polar surface area (TPSA) is 65.5 Å². The normalized spacial score (nSPS) is 23.7. The van der Waals surface area contributed by atoms with Gasteiger partial charge in [-0.25, -0.2) is 4.39 Å². The molecule has 5 nitrogen and oxygen atoms in total. The molecule has 3 saturated carbocycles. The summed E-state index contributed by atoms with van der Waals surface area (Å²) in [6.45, 7) is -0.194. The van der Waals surface area contributed by atoms with Gasteiger partial charge in [0.25, 0.3) is 0 Å². The first-order chi connectivity index (χ1) is 15.0. The number of rotatable bonds is 9. The highest BCUT2D eigenvalue weighted by Gasteiger charge is 2.70. The molecule has 170 valence electrons. The molecule has 3 aliphatic carbocycles. The van der Waals surface area contributed by atoms with E-state index in [0.29, 0.717) is 25.0 Å². The zero-order valence-electron chi connectivity index (χ0n) is 16.7. The van der Waals surface area contributed by atoms with Crippen LogP contribution in [-0.4, -0.2) is 29.5 Å². The molecule has 0 atom stereocenters. The van der Waals surface area contributed by atoms with Gasteiger partial charge < -0.3 is 9.47 Å². The third-order valence-electron chi connectivity index (χ3n) is 5.97. The zero-order valence-corrected chi connectivity index (χ0v) is 17.4. The fourth-order valence-electron chi connectivity index (χ4n) is 4.74. The van der Waals surface area contributed by atoms with Crippen molar-refractivity contribution in [3.05, 3.63) is 53.1 Å². The molecule has 1 aromatic heterocycles. The average Bonchev–Trinajstić information content (AvgIpc) is 2.64. The molecule has 10 heteroatoms. The van der Waals surface area contributed by atoms with Gasteiger partial charge in [-0.2, -0.15) is 0 Å². The van der Waals surface area contributed by atoms with Crippen molar-refractivity contribution in [1.29, 1.82) is 0 Å². The second-order valence-corrected chi connectivity index (χ2v) is 8.93. The van der Waals surface area contributed by atoms with E-state index >= 15 is 0 Å². The number of ether oxygens (including phenoxy) is 2. The Morgan fingerprint density at radius 1 is 1.09 bits per heavy atom. The number of benzene rings is 1. The minimum Gasteiger partial charge on any atom is -0.486 e. The van der Waals surface area contributed by atoms with Crippen LogP contribution in [0.25, 0.3) is 0 Å². The fourth-order valence-corrected chi connectivity index (χ4v) is 4.86. The Labute approximate surface area is 185 Å². The van der Waals surface area contributed by atoms with Crippen molar-refractivity contribution in [2.75, 3.05) is 6.61 Å². The minimum absolute atomic E-state index is 0.0154. The van der Waals surface area contributed by atoms with Crippen molar-refractivity contribution in [2.45, 2.75) is 38.5 Å². The molecule has 0 unspecified atom stereocenters. The second-order valence-electron chi connectivity index (χ2n) is 8.52. The van der Waals surface area contributed by atoms with E-state index in [0.717, 1.165) is 18.3 Å². The molecule has 3 aliphatic rings. The Bertz CT molecular complexity index is 1040. The third-order valence-corrected chi connectivity index (χ3v) is 6.27. The van der Waals surface area contributed by atoms with Crippen LogP contribution in [0.4, 0.5) is 17.6 Å². The lowest BCUT2D eigenvalue weighted by molar-refractivity contribution is -0.274. The van der Waals surface area contributed by atoms with Crippen LogP contribution in [-0.2, 0) is 16.0 Å². The van der Waals surface area contributed by atoms with E-state index in [2.05, 4.69) is 9.72 Å². The highest BCUT2D eigenvalue weighted by molar-refractivity contribution is 6.30. The van der Waals surface area contributed by atoms with Crippen molar-refractivity contribution in [3.63, 3.8) is 0 Å². The van der Waals surface area contributed by atoms with Gasteiger partial charge in [-0.3, -0.25) is 14.6 Å². The molecule has 2 aromatic rings. The molecular weight excluding hydrogens is 454 g/mol. The van der Waals surface area contributed by atoms with Crippen LogP contribution in [0.5, 0.6) is 11.5 Å². The first kappa shape index (κ1) is 22.5. The first-order valence-corrected chi connectivity index (χ1v) is 10.2. The number of aromatic nitrogens is 1. The molecule has 1 heterocycles. The molecule has 0 N–H and O–H groups in total. The molecule has 2 bridgehead atoms. The molecule has 0 radical (unpaired) electrons. The van der Waals surface area contributed by atoms with E-state index in [1.807, 2.05) is 0 Å². The number of alkyl halides is 3. The lowest BCUT2D eigenvalue weighted by Gasteiger charge is -2.70. The van der Waals surface area contributed by atoms with Gasteiger partial charge in [-0.05, 0) is 48.9 Å². The molecule has 0 saturated heterocycles. The maximum absolute atomic E-state index is 13.4. The quantitative estimate of drug-likeness (QED) is 0.476. The van der Waals surface area contributed by atoms with Crippen molar-refractivity contribution in [1.82, 2.24) is 4.98 Å². The molecule has 0 aliphatic heterocycles. The van der Waals surface area contributed by atoms with Gasteiger partial charge in [-0.15, -0.1) is 13.2 Å². The van der Waals surface area contributed by atoms with Gasteiger partial charge in [0.2, 0.25) is 0 Å². The van der Waals surface area contributed by atoms with Crippen LogP contribution in [0.3, 0.4) is 0 Å². The molecule has 1 aromatic carbocycles. The summed E-state index contributed by atoms with van der Waals surface area (Å²) in [6.07, 6.45) is -1.79. The maximum Gasteiger partial charge on any atom is 0.573 e. The predicted octanol–water partition coefficient (Wildman–Crippen LogP) is 5.09. The highest BCUT2D eigenvalue weighted by atomic mass is 35.5. The van der Waals surface area contributed by atoms with Gasteiger partial charge >= 0.3 is 6.36 Å². The van der Waals surface area contributed by atoms with E-state index in [1.165, 1.54) is 18.2 Å². The number of carbonyl (C=O) groups excluding carboxylic acids is 2. The van der Waals surface area contributed by atoms with E-state index in [-0.39, 0.29) is 47.2 Å². The highest BCUT2D eigenvalue weighted by Crippen LogP contribution is 2.75. The van der Waals surface area contributed by atoms with E-state index in [9.17, 15) is 27.2 Å². The summed E-state index contributed by atoms with van der Waals surface area (Å²) in [7, 11) is 0. The largest absolute Gasteiger partial charge is 0.573 e. The Kier molecular flexibility index (Phi) is 5.65. The Balaban J connectivity index is 1.23. The summed E-state index contributed by atoms with van der Waals surface area (Å²) in [5.41, 5.74) is -0.328. The second kappa shape index (κ2) is 8.03. The summed E-state index contributed by atoms with van der Waals surface area (Å²) in [5.74, 6) is -1.03. The first-order valence-electron chi connectivity index (χ1n) is 9.81. The zero-order chi connectivity index (χ0) is 23.1. The maximum atomic E-state index is 13.4. The Morgan fingerprint density at radius 3 is 2.38 bits per heavy atom. The molecule has 32 heavy (non-hydrogen) atoms. The van der Waals surface area contributed by atoms with Gasteiger partial charge in [0.1, 0.15) is 29.7 Å². The van der Waals surface area contributed by atoms with E-state index < -0.39 is 23.3 Å². The predicted molar refractivity (Wildman–Crippen MR) is 105 cm³/mol. The lowest BCUT2D eigenvalue weighted by Crippen LogP contribution is -2.66. The Hall–Kier alpha value is -2.68. The van der Waals surface area contributed by atoms with Crippen LogP contribution >= 0.6 is 11.6 Å². The van der Waals surface area contributed by atoms with Crippen molar-refractivity contribution >= 4 is 23.2 Å². The van der Waals surface area contributed by atoms with Crippen LogP contribution in [0.15, 0.2) is 36.5 Å². The summed E-state index contributed by atoms with van der Waals surface area (Å²) in [4.78, 5) is 28.8. The summed E-state index contributed by atoms with van der Waals surface area (Å²) in [6, 6.07) is 6.39. The number of hydrogen-bond donors (Lipinski definition) is 0. The molecule has 0 spiro atoms. The lowest BCUT2D eigenvalue weighted by atomic mass is 9.33. The summed E-state index contributed by atoms with van der Waals surface area (Å²) < 4.78 is 59.1. The van der Waals surface area contributed by atoms with Crippen molar-refractivity contribution in [2.24, 2.45) is 10.8 Å². The number of nitrogens with zero attached hydrogens (tertiary/aromatic N) is 1. The van der Waals surface area contributed by atoms with Crippen molar-refractivity contribution < 1.29 is 36.6 Å². The van der Waals surface area contributed by atoms with Crippen LogP contribution in [0, 0.1) is 16.6 Å². The minimum atomic E-state index is -4.80. The van der Waals surface area contributed by atoms with E-state index in [1.54, 1.807) is 0 Å². The number of halogens is 5. The number of carbonyl (C=O) groups is 2. The third kappa shape index (κ3) is 4.72. The number of pyridine rings is 1. The smallest absolute Gasteiger partial charge is 0.486 e. The van der Waals surface area contributed by atoms with Gasteiger partial charge in [0.15, 0.2) is 5.78 Å². The van der Waals surface area contributed by atoms with Gasteiger partial charge in [0, 0.05) is 30.0 Å². The standard InChI is InChI=1S/C22H18ClF4NO4/c23-17-4-3-15(6-18(17)24)31-9-14(29)7-20-10-21(11-20,12-20)19(30)5-13-1-2-16(8-28-13)32-22(25,26)27/h1-4,6,8H,5,7,9-12H2. The SMILES string of the molecule is O=C(COc1ccc(Cl)c(F)c1)CC12CC(C(=O)Cc3ccc(OC(F)(F)F)cn3)(C1)C2.